The van der Waals surface area contributed by atoms with Crippen molar-refractivity contribution in [2.24, 2.45) is 0 Å². The molecule has 0 amide bonds. The van der Waals surface area contributed by atoms with Gasteiger partial charge in [0.1, 0.15) is 0 Å². The summed E-state index contributed by atoms with van der Waals surface area (Å²) in [5.74, 6) is -2.28. The molecular weight excluding hydrogens is 145 g/mol. The molecule has 1 rings (SSSR count). The molecular formula is C8H10FNO. The number of alkyl halides is 1. The number of aromatic nitrogens is 1. The third kappa shape index (κ3) is 1.98. The van der Waals surface area contributed by atoms with Crippen LogP contribution in [0.5, 0.6) is 0 Å². The summed E-state index contributed by atoms with van der Waals surface area (Å²) in [6.45, 7) is 2.88. The average molecular weight is 155 g/mol. The Balaban J connectivity index is 2.99. The first kappa shape index (κ1) is 8.14. The quantitative estimate of drug-likeness (QED) is 0.667. The molecule has 0 aromatic carbocycles. The second kappa shape index (κ2) is 2.58. The summed E-state index contributed by atoms with van der Waals surface area (Å²) in [5.41, 5.74) is 0.987. The molecule has 0 aliphatic heterocycles. The van der Waals surface area contributed by atoms with Gasteiger partial charge in [0.15, 0.2) is 0 Å². The highest BCUT2D eigenvalue weighted by Gasteiger charge is 2.20. The molecule has 0 aliphatic rings. The average Bonchev–Trinajstić information content (AvgIpc) is 1.86. The van der Waals surface area contributed by atoms with E-state index in [0.717, 1.165) is 12.6 Å². The second-order valence-corrected chi connectivity index (χ2v) is 2.64. The lowest BCUT2D eigenvalue weighted by Crippen LogP contribution is -2.13. The molecule has 1 atom stereocenters. The fourth-order valence-corrected chi connectivity index (χ4v) is 0.738. The summed E-state index contributed by atoms with van der Waals surface area (Å²) < 4.78 is 12.8. The van der Waals surface area contributed by atoms with Crippen molar-refractivity contribution in [3.05, 3.63) is 29.6 Å². The Bertz CT molecular complexity index is 237. The molecule has 11 heavy (non-hydrogen) atoms. The van der Waals surface area contributed by atoms with Gasteiger partial charge in [-0.3, -0.25) is 4.98 Å². The van der Waals surface area contributed by atoms with Crippen molar-refractivity contribution in [3.8, 4) is 0 Å². The third-order valence-electron chi connectivity index (χ3n) is 1.44. The predicted molar refractivity (Wildman–Crippen MR) is 39.7 cm³/mol. The van der Waals surface area contributed by atoms with Gasteiger partial charge in [-0.25, -0.2) is 4.39 Å². The fourth-order valence-electron chi connectivity index (χ4n) is 0.738. The molecule has 1 N–H and O–H groups in total. The van der Waals surface area contributed by atoms with Crippen LogP contribution in [0.15, 0.2) is 18.3 Å². The molecule has 1 heterocycles. The number of pyridine rings is 1. The summed E-state index contributed by atoms with van der Waals surface area (Å²) in [6.07, 6.45) is 1.33. The molecule has 1 aromatic rings. The van der Waals surface area contributed by atoms with E-state index < -0.39 is 5.85 Å². The van der Waals surface area contributed by atoms with E-state index in [0.29, 0.717) is 0 Å². The number of halogens is 1. The van der Waals surface area contributed by atoms with Crippen LogP contribution in [0, 0.1) is 6.92 Å². The number of hydrogen-bond donors (Lipinski definition) is 1. The lowest BCUT2D eigenvalue weighted by molar-refractivity contribution is -0.0771. The van der Waals surface area contributed by atoms with Gasteiger partial charge in [0.25, 0.3) is 0 Å². The highest BCUT2D eigenvalue weighted by Crippen LogP contribution is 2.20. The Hall–Kier alpha value is -0.960. The molecule has 1 aromatic heterocycles. The van der Waals surface area contributed by atoms with Crippen molar-refractivity contribution < 1.29 is 9.50 Å². The van der Waals surface area contributed by atoms with Gasteiger partial charge in [-0.15, -0.1) is 0 Å². The van der Waals surface area contributed by atoms with Crippen LogP contribution in [0.4, 0.5) is 4.39 Å². The van der Waals surface area contributed by atoms with Crippen LogP contribution >= 0.6 is 0 Å². The van der Waals surface area contributed by atoms with E-state index in [1.54, 1.807) is 13.0 Å². The molecule has 0 aliphatic carbocycles. The van der Waals surface area contributed by atoms with E-state index in [1.165, 1.54) is 12.3 Å². The van der Waals surface area contributed by atoms with Crippen LogP contribution in [0.2, 0.25) is 0 Å². The van der Waals surface area contributed by atoms with Crippen LogP contribution in [-0.2, 0) is 5.85 Å². The van der Waals surface area contributed by atoms with Gasteiger partial charge in [-0.05, 0) is 19.9 Å². The zero-order valence-corrected chi connectivity index (χ0v) is 6.50. The van der Waals surface area contributed by atoms with Gasteiger partial charge in [0.05, 0.1) is 0 Å². The molecule has 3 heteroatoms. The number of nitrogens with zero attached hydrogens (tertiary/aromatic N) is 1. The van der Waals surface area contributed by atoms with E-state index in [9.17, 15) is 4.39 Å². The molecule has 0 saturated carbocycles. The first-order valence-corrected chi connectivity index (χ1v) is 3.34. The van der Waals surface area contributed by atoms with Crippen molar-refractivity contribution in [3.63, 3.8) is 0 Å². The minimum absolute atomic E-state index is 0.183. The molecule has 2 nitrogen and oxygen atoms in total. The van der Waals surface area contributed by atoms with Crippen LogP contribution in [0.25, 0.3) is 0 Å². The first-order chi connectivity index (χ1) is 5.00. The summed E-state index contributed by atoms with van der Waals surface area (Å²) in [4.78, 5) is 3.85. The minimum atomic E-state index is -2.28. The second-order valence-electron chi connectivity index (χ2n) is 2.64. The molecule has 1 unspecified atom stereocenters. The highest BCUT2D eigenvalue weighted by atomic mass is 19.2. The van der Waals surface area contributed by atoms with E-state index >= 15 is 0 Å². The smallest absolute Gasteiger partial charge is 0.231 e. The predicted octanol–water partition coefficient (Wildman–Crippen LogP) is 1.52. The zero-order chi connectivity index (χ0) is 8.48. The fraction of sp³-hybridized carbons (Fsp3) is 0.375. The van der Waals surface area contributed by atoms with Crippen molar-refractivity contribution in [2.75, 3.05) is 0 Å². The van der Waals surface area contributed by atoms with Gasteiger partial charge in [-0.2, -0.15) is 0 Å². The zero-order valence-electron chi connectivity index (χ0n) is 6.50. The normalized spacial score (nSPS) is 16.0. The number of aliphatic hydroxyl groups is 1. The molecule has 0 fully saturated rings. The third-order valence-corrected chi connectivity index (χ3v) is 1.44. The minimum Gasteiger partial charge on any atom is -0.358 e. The topological polar surface area (TPSA) is 33.1 Å². The molecule has 0 bridgehead atoms. The van der Waals surface area contributed by atoms with Gasteiger partial charge in [-0.1, -0.05) is 6.07 Å². The Morgan fingerprint density at radius 2 is 2.18 bits per heavy atom. The largest absolute Gasteiger partial charge is 0.358 e. The summed E-state index contributed by atoms with van der Waals surface area (Å²) in [5, 5.41) is 8.87. The van der Waals surface area contributed by atoms with Gasteiger partial charge in [0, 0.05) is 17.5 Å². The Labute approximate surface area is 64.7 Å². The van der Waals surface area contributed by atoms with Gasteiger partial charge >= 0.3 is 0 Å². The van der Waals surface area contributed by atoms with Crippen LogP contribution in [-0.4, -0.2) is 10.1 Å². The molecule has 0 saturated heterocycles. The Morgan fingerprint density at radius 3 is 2.55 bits per heavy atom. The summed E-state index contributed by atoms with van der Waals surface area (Å²) in [6, 6.07) is 3.17. The highest BCUT2D eigenvalue weighted by molar-refractivity contribution is 5.16. The lowest BCUT2D eigenvalue weighted by Gasteiger charge is -2.11. The number of rotatable bonds is 1. The van der Waals surface area contributed by atoms with E-state index in [4.69, 9.17) is 5.11 Å². The Kier molecular flexibility index (Phi) is 1.91. The van der Waals surface area contributed by atoms with Crippen LogP contribution < -0.4 is 0 Å². The summed E-state index contributed by atoms with van der Waals surface area (Å²) in [7, 11) is 0. The lowest BCUT2D eigenvalue weighted by atomic mass is 10.1. The number of hydrogen-bond acceptors (Lipinski definition) is 2. The molecule has 0 spiro atoms. The maximum atomic E-state index is 12.8. The standard InChI is InChI=1S/C8H10FNO/c1-6-3-4-7(5-10-6)8(2,9)11/h3-5,11H,1-2H3. The maximum absolute atomic E-state index is 12.8. The molecule has 60 valence electrons. The molecule has 0 radical (unpaired) electrons. The first-order valence-electron chi connectivity index (χ1n) is 3.34. The maximum Gasteiger partial charge on any atom is 0.231 e. The van der Waals surface area contributed by atoms with Gasteiger partial charge < -0.3 is 5.11 Å². The monoisotopic (exact) mass is 155 g/mol. The summed E-state index contributed by atoms with van der Waals surface area (Å²) >= 11 is 0. The van der Waals surface area contributed by atoms with E-state index in [-0.39, 0.29) is 5.56 Å². The van der Waals surface area contributed by atoms with E-state index in [2.05, 4.69) is 4.98 Å². The van der Waals surface area contributed by atoms with Crippen LogP contribution in [0.1, 0.15) is 18.2 Å². The van der Waals surface area contributed by atoms with Crippen molar-refractivity contribution in [1.29, 1.82) is 0 Å². The van der Waals surface area contributed by atoms with Crippen molar-refractivity contribution in [2.45, 2.75) is 19.7 Å². The van der Waals surface area contributed by atoms with Gasteiger partial charge in [0.2, 0.25) is 5.85 Å². The van der Waals surface area contributed by atoms with Crippen molar-refractivity contribution >= 4 is 0 Å². The SMILES string of the molecule is Cc1ccc(C(C)(O)F)cn1. The Morgan fingerprint density at radius 1 is 1.55 bits per heavy atom. The van der Waals surface area contributed by atoms with Crippen LogP contribution in [0.3, 0.4) is 0 Å². The van der Waals surface area contributed by atoms with Crippen molar-refractivity contribution in [1.82, 2.24) is 4.98 Å². The van der Waals surface area contributed by atoms with E-state index in [1.807, 2.05) is 0 Å². The number of aryl methyl sites for hydroxylation is 1.